The van der Waals surface area contributed by atoms with Gasteiger partial charge in [-0.1, -0.05) is 24.3 Å². The number of aromatic nitrogens is 2. The highest BCUT2D eigenvalue weighted by Gasteiger charge is 2.30. The molecule has 1 aromatic heterocycles. The molecule has 1 aliphatic heterocycles. The van der Waals surface area contributed by atoms with Gasteiger partial charge in [-0.25, -0.2) is 4.98 Å². The highest BCUT2D eigenvalue weighted by Crippen LogP contribution is 2.27. The minimum atomic E-state index is -0.175. The fourth-order valence-electron chi connectivity index (χ4n) is 3.87. The maximum Gasteiger partial charge on any atom is 0.290 e. The Labute approximate surface area is 146 Å². The van der Waals surface area contributed by atoms with Crippen LogP contribution in [0.4, 0.5) is 5.82 Å². The molecule has 6 heteroatoms. The van der Waals surface area contributed by atoms with Gasteiger partial charge in [0.1, 0.15) is 0 Å². The summed E-state index contributed by atoms with van der Waals surface area (Å²) in [6.07, 6.45) is 5.88. The normalized spacial score (nSPS) is 20.2. The number of aryl methyl sites for hydroxylation is 1. The summed E-state index contributed by atoms with van der Waals surface area (Å²) >= 11 is 0. The molecule has 0 unspecified atom stereocenters. The van der Waals surface area contributed by atoms with E-state index in [1.165, 1.54) is 17.3 Å². The molecule has 0 spiro atoms. The number of nitrogens with one attached hydrogen (secondary N) is 1. The van der Waals surface area contributed by atoms with Crippen LogP contribution in [0.25, 0.3) is 0 Å². The summed E-state index contributed by atoms with van der Waals surface area (Å²) in [5.74, 6) is 0.782. The Kier molecular flexibility index (Phi) is 4.26. The first-order valence-corrected chi connectivity index (χ1v) is 8.86. The molecule has 130 valence electrons. The van der Waals surface area contributed by atoms with Gasteiger partial charge in [0.2, 0.25) is 5.91 Å². The molecule has 1 fully saturated rings. The number of benzene rings is 1. The third-order valence-corrected chi connectivity index (χ3v) is 5.28. The Morgan fingerprint density at radius 2 is 1.88 bits per heavy atom. The van der Waals surface area contributed by atoms with Crippen molar-refractivity contribution < 1.29 is 4.79 Å². The Morgan fingerprint density at radius 3 is 2.64 bits per heavy atom. The predicted molar refractivity (Wildman–Crippen MR) is 95.6 cm³/mol. The number of anilines is 1. The second-order valence-corrected chi connectivity index (χ2v) is 6.76. The van der Waals surface area contributed by atoms with Crippen LogP contribution >= 0.6 is 0 Å². The van der Waals surface area contributed by atoms with Crippen LogP contribution in [-0.2, 0) is 17.6 Å². The van der Waals surface area contributed by atoms with E-state index >= 15 is 0 Å². The van der Waals surface area contributed by atoms with Gasteiger partial charge in [0.05, 0.1) is 0 Å². The summed E-state index contributed by atoms with van der Waals surface area (Å²) in [5, 5.41) is 0. The summed E-state index contributed by atoms with van der Waals surface area (Å²) in [4.78, 5) is 35.5. The van der Waals surface area contributed by atoms with E-state index < -0.39 is 0 Å². The summed E-state index contributed by atoms with van der Waals surface area (Å²) < 4.78 is 0. The fraction of sp³-hybridized carbons (Fsp3) is 0.421. The number of aromatic amines is 1. The van der Waals surface area contributed by atoms with Crippen LogP contribution in [-0.4, -0.2) is 47.0 Å². The minimum Gasteiger partial charge on any atom is -0.348 e. The zero-order valence-electron chi connectivity index (χ0n) is 14.1. The van der Waals surface area contributed by atoms with Crippen LogP contribution in [0.5, 0.6) is 0 Å². The standard InChI is InChI=1S/C19H22N4O2/c24-18-17(20-7-8-21-18)22-9-11-23(12-10-22)19(25)16-6-5-14-3-1-2-4-15(14)13-16/h1-4,7-8,16H,5-6,9-13H2,(H,21,24)/t16-/m1/s1. The van der Waals surface area contributed by atoms with Crippen molar-refractivity contribution in [2.45, 2.75) is 19.3 Å². The molecular weight excluding hydrogens is 316 g/mol. The molecule has 1 atom stereocenters. The molecule has 1 N–H and O–H groups in total. The Balaban J connectivity index is 1.39. The van der Waals surface area contributed by atoms with Crippen LogP contribution in [0, 0.1) is 5.92 Å². The number of carbonyl (C=O) groups excluding carboxylic acids is 1. The highest BCUT2D eigenvalue weighted by atomic mass is 16.2. The van der Waals surface area contributed by atoms with Crippen LogP contribution in [0.15, 0.2) is 41.5 Å². The fourth-order valence-corrected chi connectivity index (χ4v) is 3.87. The lowest BCUT2D eigenvalue weighted by atomic mass is 9.83. The first-order chi connectivity index (χ1) is 12.2. The van der Waals surface area contributed by atoms with Gasteiger partial charge in [0.15, 0.2) is 5.82 Å². The first kappa shape index (κ1) is 15.9. The largest absolute Gasteiger partial charge is 0.348 e. The summed E-state index contributed by atoms with van der Waals surface area (Å²) in [6, 6.07) is 8.42. The molecule has 2 aromatic rings. The summed E-state index contributed by atoms with van der Waals surface area (Å²) in [6.45, 7) is 2.59. The van der Waals surface area contributed by atoms with Crippen molar-refractivity contribution in [2.24, 2.45) is 5.92 Å². The molecule has 2 aliphatic rings. The molecule has 6 nitrogen and oxygen atoms in total. The van der Waals surface area contributed by atoms with Crippen LogP contribution in [0.1, 0.15) is 17.5 Å². The van der Waals surface area contributed by atoms with Crippen molar-refractivity contribution in [3.05, 3.63) is 58.1 Å². The Hall–Kier alpha value is -2.63. The molecule has 0 bridgehead atoms. The average Bonchev–Trinajstić information content (AvgIpc) is 2.67. The van der Waals surface area contributed by atoms with E-state index in [0.29, 0.717) is 32.0 Å². The molecule has 0 radical (unpaired) electrons. The van der Waals surface area contributed by atoms with E-state index in [9.17, 15) is 9.59 Å². The van der Waals surface area contributed by atoms with Gasteiger partial charge in [0.25, 0.3) is 5.56 Å². The van der Waals surface area contributed by atoms with Crippen molar-refractivity contribution in [3.8, 4) is 0 Å². The minimum absolute atomic E-state index is 0.0831. The lowest BCUT2D eigenvalue weighted by Crippen LogP contribution is -2.52. The van der Waals surface area contributed by atoms with Crippen LogP contribution in [0.2, 0.25) is 0 Å². The predicted octanol–water partition coefficient (Wildman–Crippen LogP) is 1.22. The SMILES string of the molecule is O=C([C@@H]1CCc2ccccc2C1)N1CCN(c2ncc[nH]c2=O)CC1. The molecular formula is C19H22N4O2. The molecule has 0 saturated carbocycles. The lowest BCUT2D eigenvalue weighted by Gasteiger charge is -2.37. The number of hydrogen-bond donors (Lipinski definition) is 1. The number of amides is 1. The maximum atomic E-state index is 12.9. The number of fused-ring (bicyclic) bond motifs is 1. The van der Waals surface area contributed by atoms with Crippen LogP contribution < -0.4 is 10.5 Å². The average molecular weight is 338 g/mol. The van der Waals surface area contributed by atoms with E-state index in [1.807, 2.05) is 9.80 Å². The monoisotopic (exact) mass is 338 g/mol. The van der Waals surface area contributed by atoms with E-state index in [0.717, 1.165) is 19.3 Å². The zero-order chi connectivity index (χ0) is 17.2. The number of rotatable bonds is 2. The third-order valence-electron chi connectivity index (χ3n) is 5.28. The topological polar surface area (TPSA) is 69.3 Å². The lowest BCUT2D eigenvalue weighted by molar-refractivity contribution is -0.136. The van der Waals surface area contributed by atoms with Crippen molar-refractivity contribution in [2.75, 3.05) is 31.1 Å². The number of H-pyrrole nitrogens is 1. The summed E-state index contributed by atoms with van der Waals surface area (Å²) in [5.41, 5.74) is 2.52. The number of piperazine rings is 1. The first-order valence-electron chi connectivity index (χ1n) is 8.86. The maximum absolute atomic E-state index is 12.9. The van der Waals surface area contributed by atoms with Crippen molar-refractivity contribution in [1.29, 1.82) is 0 Å². The van der Waals surface area contributed by atoms with Gasteiger partial charge < -0.3 is 14.8 Å². The molecule has 1 amide bonds. The summed E-state index contributed by atoms with van der Waals surface area (Å²) in [7, 11) is 0. The van der Waals surface area contributed by atoms with Crippen molar-refractivity contribution in [3.63, 3.8) is 0 Å². The van der Waals surface area contributed by atoms with E-state index in [-0.39, 0.29) is 17.4 Å². The molecule has 1 aromatic carbocycles. The zero-order valence-corrected chi connectivity index (χ0v) is 14.1. The highest BCUT2D eigenvalue weighted by molar-refractivity contribution is 5.80. The number of nitrogens with zero attached hydrogens (tertiary/aromatic N) is 3. The Morgan fingerprint density at radius 1 is 1.12 bits per heavy atom. The van der Waals surface area contributed by atoms with Gasteiger partial charge in [-0.2, -0.15) is 0 Å². The van der Waals surface area contributed by atoms with Gasteiger partial charge in [-0.05, 0) is 30.4 Å². The van der Waals surface area contributed by atoms with Gasteiger partial charge in [0, 0.05) is 44.5 Å². The molecule has 1 saturated heterocycles. The van der Waals surface area contributed by atoms with Crippen LogP contribution in [0.3, 0.4) is 0 Å². The van der Waals surface area contributed by atoms with Gasteiger partial charge in [-0.15, -0.1) is 0 Å². The van der Waals surface area contributed by atoms with E-state index in [4.69, 9.17) is 0 Å². The smallest absolute Gasteiger partial charge is 0.290 e. The third kappa shape index (κ3) is 3.16. The second-order valence-electron chi connectivity index (χ2n) is 6.76. The molecule has 1 aliphatic carbocycles. The molecule has 4 rings (SSSR count). The number of carbonyl (C=O) groups is 1. The van der Waals surface area contributed by atoms with E-state index in [1.54, 1.807) is 6.20 Å². The quantitative estimate of drug-likeness (QED) is 0.894. The van der Waals surface area contributed by atoms with Crippen molar-refractivity contribution >= 4 is 11.7 Å². The second kappa shape index (κ2) is 6.70. The number of hydrogen-bond acceptors (Lipinski definition) is 4. The van der Waals surface area contributed by atoms with Gasteiger partial charge >= 0.3 is 0 Å². The molecule has 2 heterocycles. The van der Waals surface area contributed by atoms with E-state index in [2.05, 4.69) is 34.2 Å². The molecule has 25 heavy (non-hydrogen) atoms. The van der Waals surface area contributed by atoms with Gasteiger partial charge in [-0.3, -0.25) is 9.59 Å². The Bertz CT molecular complexity index is 824. The van der Waals surface area contributed by atoms with Crippen molar-refractivity contribution in [1.82, 2.24) is 14.9 Å².